The quantitative estimate of drug-likeness (QED) is 0.798. The second-order valence-electron chi connectivity index (χ2n) is 4.29. The molecule has 1 unspecified atom stereocenters. The average Bonchev–Trinajstić information content (AvgIpc) is 3.04. The maximum Gasteiger partial charge on any atom is 0.256 e. The molecule has 0 aliphatic heterocycles. The first kappa shape index (κ1) is 12.9. The third-order valence-corrected chi connectivity index (χ3v) is 3.55. The van der Waals surface area contributed by atoms with Gasteiger partial charge in [0.25, 0.3) is 5.91 Å². The summed E-state index contributed by atoms with van der Waals surface area (Å²) >= 11 is 3.18. The minimum atomic E-state index is -0.276. The van der Waals surface area contributed by atoms with Gasteiger partial charge >= 0.3 is 0 Å². The van der Waals surface area contributed by atoms with Crippen LogP contribution in [0.3, 0.4) is 0 Å². The minimum absolute atomic E-state index is 0.231. The predicted molar refractivity (Wildman–Crippen MR) is 75.3 cm³/mol. The van der Waals surface area contributed by atoms with Crippen LogP contribution in [0, 0.1) is 0 Å². The molecule has 1 N–H and O–H groups in total. The lowest BCUT2D eigenvalue weighted by Gasteiger charge is -2.11. The zero-order valence-electron chi connectivity index (χ0n) is 10.6. The van der Waals surface area contributed by atoms with Crippen molar-refractivity contribution < 1.29 is 9.21 Å². The van der Waals surface area contributed by atoms with Crippen LogP contribution in [0.5, 0.6) is 0 Å². The molecule has 0 spiro atoms. The smallest absolute Gasteiger partial charge is 0.256 e. The molecule has 3 rings (SSSR count). The molecule has 0 fully saturated rings. The summed E-state index contributed by atoms with van der Waals surface area (Å²) in [5, 5.41) is 11.0. The van der Waals surface area contributed by atoms with Gasteiger partial charge in [0.05, 0.1) is 17.9 Å². The zero-order chi connectivity index (χ0) is 14.1. The van der Waals surface area contributed by atoms with Crippen molar-refractivity contribution in [2.45, 2.75) is 13.0 Å². The van der Waals surface area contributed by atoms with Crippen LogP contribution in [0.25, 0.3) is 5.65 Å². The Morgan fingerprint density at radius 1 is 1.40 bits per heavy atom. The number of carbonyl (C=O) groups is 1. The lowest BCUT2D eigenvalue weighted by Crippen LogP contribution is -2.27. The lowest BCUT2D eigenvalue weighted by atomic mass is 10.2. The fourth-order valence-corrected chi connectivity index (χ4v) is 2.37. The van der Waals surface area contributed by atoms with E-state index in [1.165, 1.54) is 6.26 Å². The van der Waals surface area contributed by atoms with Gasteiger partial charge in [-0.05, 0) is 41.1 Å². The molecule has 102 valence electrons. The summed E-state index contributed by atoms with van der Waals surface area (Å²) in [5.41, 5.74) is 1.19. The van der Waals surface area contributed by atoms with Crippen molar-refractivity contribution in [3.05, 3.63) is 52.8 Å². The van der Waals surface area contributed by atoms with E-state index < -0.39 is 0 Å². The summed E-state index contributed by atoms with van der Waals surface area (Å²) in [4.78, 5) is 12.1. The van der Waals surface area contributed by atoms with Gasteiger partial charge in [0.15, 0.2) is 16.1 Å². The Morgan fingerprint density at radius 2 is 2.25 bits per heavy atom. The molecule has 3 aromatic rings. The summed E-state index contributed by atoms with van der Waals surface area (Å²) < 4.78 is 7.30. The summed E-state index contributed by atoms with van der Waals surface area (Å²) in [6.45, 7) is 1.86. The monoisotopic (exact) mass is 334 g/mol. The number of hydrogen-bond donors (Lipinski definition) is 1. The second-order valence-corrected chi connectivity index (χ2v) is 5.01. The van der Waals surface area contributed by atoms with Crippen LogP contribution in [0.4, 0.5) is 0 Å². The number of aromatic nitrogens is 3. The first-order valence-corrected chi connectivity index (χ1v) is 6.79. The number of amides is 1. The number of halogens is 1. The van der Waals surface area contributed by atoms with Crippen LogP contribution in [0.1, 0.15) is 29.1 Å². The molecule has 0 aromatic carbocycles. The van der Waals surface area contributed by atoms with E-state index in [4.69, 9.17) is 4.42 Å². The highest BCUT2D eigenvalue weighted by Gasteiger charge is 2.19. The normalized spacial score (nSPS) is 12.5. The molecule has 3 heterocycles. The SMILES string of the molecule is CC(NC(=O)c1ccoc1Br)c1nnc2ccccn12. The van der Waals surface area contributed by atoms with Crippen LogP contribution in [0.15, 0.2) is 45.8 Å². The average molecular weight is 335 g/mol. The third-order valence-electron chi connectivity index (χ3n) is 2.94. The topological polar surface area (TPSA) is 72.4 Å². The van der Waals surface area contributed by atoms with Crippen molar-refractivity contribution in [3.8, 4) is 0 Å². The van der Waals surface area contributed by atoms with Crippen molar-refractivity contribution >= 4 is 27.5 Å². The highest BCUT2D eigenvalue weighted by Crippen LogP contribution is 2.19. The third kappa shape index (κ3) is 2.20. The number of nitrogens with zero attached hydrogens (tertiary/aromatic N) is 3. The van der Waals surface area contributed by atoms with Gasteiger partial charge in [-0.1, -0.05) is 6.07 Å². The van der Waals surface area contributed by atoms with Crippen molar-refractivity contribution in [2.24, 2.45) is 0 Å². The van der Waals surface area contributed by atoms with Crippen molar-refractivity contribution in [1.29, 1.82) is 0 Å². The van der Waals surface area contributed by atoms with E-state index in [1.54, 1.807) is 6.07 Å². The minimum Gasteiger partial charge on any atom is -0.457 e. The van der Waals surface area contributed by atoms with Crippen molar-refractivity contribution in [2.75, 3.05) is 0 Å². The Morgan fingerprint density at radius 3 is 3.00 bits per heavy atom. The molecule has 1 amide bonds. The second kappa shape index (κ2) is 5.09. The van der Waals surface area contributed by atoms with E-state index in [0.717, 1.165) is 5.65 Å². The fourth-order valence-electron chi connectivity index (χ4n) is 1.95. The first-order chi connectivity index (χ1) is 9.66. The van der Waals surface area contributed by atoms with Gasteiger partial charge in [-0.15, -0.1) is 10.2 Å². The Hall–Kier alpha value is -2.15. The summed E-state index contributed by atoms with van der Waals surface area (Å²) in [5.74, 6) is 0.444. The number of furan rings is 1. The van der Waals surface area contributed by atoms with Crippen LogP contribution in [-0.2, 0) is 0 Å². The standard InChI is InChI=1S/C13H11BrN4O2/c1-8(15-13(19)9-5-7-20-11(9)14)12-17-16-10-4-2-3-6-18(10)12/h2-8H,1H3,(H,15,19). The molecule has 0 saturated heterocycles. The van der Waals surface area contributed by atoms with Gasteiger partial charge in [0, 0.05) is 6.20 Å². The van der Waals surface area contributed by atoms with Gasteiger partial charge in [-0.2, -0.15) is 0 Å². The van der Waals surface area contributed by atoms with E-state index in [-0.39, 0.29) is 11.9 Å². The molecule has 6 nitrogen and oxygen atoms in total. The van der Waals surface area contributed by atoms with E-state index in [1.807, 2.05) is 35.7 Å². The van der Waals surface area contributed by atoms with Gasteiger partial charge in [-0.3, -0.25) is 9.20 Å². The number of hydrogen-bond acceptors (Lipinski definition) is 4. The molecular weight excluding hydrogens is 324 g/mol. The molecule has 0 saturated carbocycles. The molecule has 0 bridgehead atoms. The Bertz CT molecular complexity index is 764. The Labute approximate surface area is 122 Å². The Kier molecular flexibility index (Phi) is 3.27. The molecular formula is C13H11BrN4O2. The van der Waals surface area contributed by atoms with Gasteiger partial charge in [0.2, 0.25) is 0 Å². The van der Waals surface area contributed by atoms with Crippen LogP contribution < -0.4 is 5.32 Å². The van der Waals surface area contributed by atoms with E-state index >= 15 is 0 Å². The predicted octanol–water partition coefficient (Wildman–Crippen LogP) is 2.58. The van der Waals surface area contributed by atoms with E-state index in [2.05, 4.69) is 31.4 Å². The molecule has 20 heavy (non-hydrogen) atoms. The van der Waals surface area contributed by atoms with Gasteiger partial charge < -0.3 is 9.73 Å². The zero-order valence-corrected chi connectivity index (χ0v) is 12.2. The van der Waals surface area contributed by atoms with Crippen LogP contribution in [-0.4, -0.2) is 20.5 Å². The summed E-state index contributed by atoms with van der Waals surface area (Å²) in [6.07, 6.45) is 3.32. The number of carbonyl (C=O) groups excluding carboxylic acids is 1. The number of nitrogens with one attached hydrogen (secondary N) is 1. The lowest BCUT2D eigenvalue weighted by molar-refractivity contribution is 0.0936. The van der Waals surface area contributed by atoms with Crippen LogP contribution >= 0.6 is 15.9 Å². The number of fused-ring (bicyclic) bond motifs is 1. The maximum absolute atomic E-state index is 12.1. The van der Waals surface area contributed by atoms with E-state index in [9.17, 15) is 4.79 Å². The Balaban J connectivity index is 1.85. The number of pyridine rings is 1. The molecule has 0 aliphatic rings. The van der Waals surface area contributed by atoms with Crippen LogP contribution in [0.2, 0.25) is 0 Å². The van der Waals surface area contributed by atoms with Gasteiger partial charge in [-0.25, -0.2) is 0 Å². The molecule has 0 radical (unpaired) electrons. The maximum atomic E-state index is 12.1. The molecule has 1 atom stereocenters. The molecule has 3 aromatic heterocycles. The van der Waals surface area contributed by atoms with Gasteiger partial charge in [0.1, 0.15) is 0 Å². The summed E-state index contributed by atoms with van der Waals surface area (Å²) in [7, 11) is 0. The first-order valence-electron chi connectivity index (χ1n) is 6.00. The molecule has 0 aliphatic carbocycles. The fraction of sp³-hybridized carbons (Fsp3) is 0.154. The van der Waals surface area contributed by atoms with Crippen molar-refractivity contribution in [3.63, 3.8) is 0 Å². The molecule has 7 heteroatoms. The van der Waals surface area contributed by atoms with E-state index in [0.29, 0.717) is 16.1 Å². The largest absolute Gasteiger partial charge is 0.457 e. The highest BCUT2D eigenvalue weighted by molar-refractivity contribution is 9.10. The van der Waals surface area contributed by atoms with Crippen molar-refractivity contribution in [1.82, 2.24) is 19.9 Å². The highest BCUT2D eigenvalue weighted by atomic mass is 79.9. The summed E-state index contributed by atoms with van der Waals surface area (Å²) in [6, 6.07) is 6.97. The number of rotatable bonds is 3.